The van der Waals surface area contributed by atoms with Gasteiger partial charge in [-0.2, -0.15) is 0 Å². The smallest absolute Gasteiger partial charge is 0.256 e. The Bertz CT molecular complexity index is 500. The molecule has 0 bridgehead atoms. The molecule has 2 nitrogen and oxygen atoms in total. The van der Waals surface area contributed by atoms with Crippen molar-refractivity contribution in [3.8, 4) is 0 Å². The van der Waals surface area contributed by atoms with Crippen molar-refractivity contribution in [3.05, 3.63) is 45.2 Å². The molecule has 16 heavy (non-hydrogen) atoms. The van der Waals surface area contributed by atoms with Crippen molar-refractivity contribution in [1.29, 1.82) is 0 Å². The summed E-state index contributed by atoms with van der Waals surface area (Å²) in [6.07, 6.45) is 1.64. The maximum Gasteiger partial charge on any atom is 0.256 e. The van der Waals surface area contributed by atoms with Gasteiger partial charge in [-0.3, -0.25) is 0 Å². The summed E-state index contributed by atoms with van der Waals surface area (Å²) in [6.45, 7) is 1.90. The zero-order valence-electron chi connectivity index (χ0n) is 8.54. The fourth-order valence-electron chi connectivity index (χ4n) is 1.18. The van der Waals surface area contributed by atoms with E-state index in [0.717, 1.165) is 26.5 Å². The van der Waals surface area contributed by atoms with Gasteiger partial charge in [-0.1, -0.05) is 45.4 Å². The lowest BCUT2D eigenvalue weighted by molar-refractivity contribution is 0.454. The molecular weight excluding hydrogens is 310 g/mol. The van der Waals surface area contributed by atoms with E-state index in [1.807, 2.05) is 25.1 Å². The van der Waals surface area contributed by atoms with Crippen molar-refractivity contribution in [1.82, 2.24) is 4.98 Å². The summed E-state index contributed by atoms with van der Waals surface area (Å²) in [5, 5.41) is 1.43. The van der Waals surface area contributed by atoms with E-state index in [9.17, 15) is 0 Å². The number of hydrogen-bond donors (Lipinski definition) is 0. The SMILES string of the molecule is Cc1coc(SCc2ccc(Br)cc2Cl)n1. The lowest BCUT2D eigenvalue weighted by atomic mass is 10.2. The molecule has 5 heteroatoms. The van der Waals surface area contributed by atoms with Crippen molar-refractivity contribution < 1.29 is 4.42 Å². The van der Waals surface area contributed by atoms with Crippen molar-refractivity contribution >= 4 is 39.3 Å². The summed E-state index contributed by atoms with van der Waals surface area (Å²) in [6, 6.07) is 5.86. The van der Waals surface area contributed by atoms with Crippen LogP contribution < -0.4 is 0 Å². The average Bonchev–Trinajstić information content (AvgIpc) is 2.63. The van der Waals surface area contributed by atoms with Gasteiger partial charge in [0.15, 0.2) is 0 Å². The second-order valence-electron chi connectivity index (χ2n) is 3.28. The standard InChI is InChI=1S/C11H9BrClNOS/c1-7-5-15-11(14-7)16-6-8-2-3-9(12)4-10(8)13/h2-5H,6H2,1H3. The molecular formula is C11H9BrClNOS. The summed E-state index contributed by atoms with van der Waals surface area (Å²) < 4.78 is 6.23. The first-order valence-electron chi connectivity index (χ1n) is 4.64. The zero-order valence-corrected chi connectivity index (χ0v) is 11.7. The summed E-state index contributed by atoms with van der Waals surface area (Å²) in [5.41, 5.74) is 1.97. The third-order valence-electron chi connectivity index (χ3n) is 1.96. The molecule has 0 spiro atoms. The molecule has 0 unspecified atom stereocenters. The van der Waals surface area contributed by atoms with Gasteiger partial charge in [0.1, 0.15) is 6.26 Å². The number of aromatic nitrogens is 1. The van der Waals surface area contributed by atoms with E-state index in [-0.39, 0.29) is 0 Å². The van der Waals surface area contributed by atoms with E-state index in [1.54, 1.807) is 6.26 Å². The van der Waals surface area contributed by atoms with Crippen LogP contribution in [0.1, 0.15) is 11.3 Å². The summed E-state index contributed by atoms with van der Waals surface area (Å²) >= 11 is 11.0. The second-order valence-corrected chi connectivity index (χ2v) is 5.53. The minimum Gasteiger partial charge on any atom is -0.440 e. The molecule has 0 N–H and O–H groups in total. The molecule has 1 heterocycles. The fraction of sp³-hybridized carbons (Fsp3) is 0.182. The number of hydrogen-bond acceptors (Lipinski definition) is 3. The van der Waals surface area contributed by atoms with Gasteiger partial charge in [0.2, 0.25) is 0 Å². The van der Waals surface area contributed by atoms with E-state index in [2.05, 4.69) is 20.9 Å². The van der Waals surface area contributed by atoms with E-state index in [1.165, 1.54) is 11.8 Å². The van der Waals surface area contributed by atoms with Crippen LogP contribution in [0.3, 0.4) is 0 Å². The van der Waals surface area contributed by atoms with Gasteiger partial charge in [-0.25, -0.2) is 4.98 Å². The first kappa shape index (κ1) is 12.0. The Morgan fingerprint density at radius 3 is 2.94 bits per heavy atom. The van der Waals surface area contributed by atoms with Crippen LogP contribution in [0.25, 0.3) is 0 Å². The van der Waals surface area contributed by atoms with Crippen LogP contribution in [0.15, 0.2) is 38.6 Å². The lowest BCUT2D eigenvalue weighted by Crippen LogP contribution is -1.83. The van der Waals surface area contributed by atoms with Gasteiger partial charge in [0.25, 0.3) is 5.22 Å². The van der Waals surface area contributed by atoms with Gasteiger partial charge < -0.3 is 4.42 Å². The van der Waals surface area contributed by atoms with Gasteiger partial charge >= 0.3 is 0 Å². The third kappa shape index (κ3) is 3.03. The zero-order chi connectivity index (χ0) is 11.5. The van der Waals surface area contributed by atoms with Crippen LogP contribution in [0.4, 0.5) is 0 Å². The number of rotatable bonds is 3. The van der Waals surface area contributed by atoms with Crippen LogP contribution in [-0.4, -0.2) is 4.98 Å². The van der Waals surface area contributed by atoms with E-state index in [0.29, 0.717) is 5.22 Å². The molecule has 0 atom stereocenters. The van der Waals surface area contributed by atoms with Crippen molar-refractivity contribution in [3.63, 3.8) is 0 Å². The molecule has 1 aromatic heterocycles. The molecule has 0 radical (unpaired) electrons. The summed E-state index contributed by atoms with van der Waals surface area (Å²) in [7, 11) is 0. The van der Waals surface area contributed by atoms with Crippen LogP contribution in [0, 0.1) is 6.92 Å². The normalized spacial score (nSPS) is 10.7. The highest BCUT2D eigenvalue weighted by atomic mass is 79.9. The fourth-order valence-corrected chi connectivity index (χ4v) is 2.85. The number of benzene rings is 1. The Morgan fingerprint density at radius 2 is 2.31 bits per heavy atom. The maximum atomic E-state index is 6.11. The molecule has 1 aromatic carbocycles. The average molecular weight is 319 g/mol. The van der Waals surface area contributed by atoms with Crippen LogP contribution in [-0.2, 0) is 5.75 Å². The quantitative estimate of drug-likeness (QED) is 0.768. The highest BCUT2D eigenvalue weighted by Crippen LogP contribution is 2.28. The summed E-state index contributed by atoms with van der Waals surface area (Å²) in [5.74, 6) is 0.756. The Kier molecular flexibility index (Phi) is 3.95. The molecule has 0 aliphatic rings. The number of halogens is 2. The van der Waals surface area contributed by atoms with Crippen molar-refractivity contribution in [2.75, 3.05) is 0 Å². The Labute approximate surface area is 112 Å². The molecule has 0 fully saturated rings. The van der Waals surface area contributed by atoms with Gasteiger partial charge in [0, 0.05) is 15.2 Å². The molecule has 84 valence electrons. The minimum atomic E-state index is 0.677. The van der Waals surface area contributed by atoms with Crippen LogP contribution in [0.5, 0.6) is 0 Å². The molecule has 0 aliphatic heterocycles. The Morgan fingerprint density at radius 1 is 1.50 bits per heavy atom. The summed E-state index contributed by atoms with van der Waals surface area (Å²) in [4.78, 5) is 4.22. The first-order valence-corrected chi connectivity index (χ1v) is 6.79. The number of nitrogens with zero attached hydrogens (tertiary/aromatic N) is 1. The molecule has 0 saturated carbocycles. The Hall–Kier alpha value is -0.450. The highest BCUT2D eigenvalue weighted by molar-refractivity contribution is 9.10. The highest BCUT2D eigenvalue weighted by Gasteiger charge is 2.05. The van der Waals surface area contributed by atoms with Gasteiger partial charge in [-0.15, -0.1) is 0 Å². The maximum absolute atomic E-state index is 6.11. The molecule has 0 saturated heterocycles. The van der Waals surface area contributed by atoms with Crippen molar-refractivity contribution in [2.24, 2.45) is 0 Å². The second kappa shape index (κ2) is 5.25. The van der Waals surface area contributed by atoms with Gasteiger partial charge in [-0.05, 0) is 24.6 Å². The number of oxazole rings is 1. The lowest BCUT2D eigenvalue weighted by Gasteiger charge is -2.02. The monoisotopic (exact) mass is 317 g/mol. The number of aryl methyl sites for hydroxylation is 1. The van der Waals surface area contributed by atoms with E-state index >= 15 is 0 Å². The van der Waals surface area contributed by atoms with Crippen LogP contribution >= 0.6 is 39.3 Å². The molecule has 2 rings (SSSR count). The molecule has 0 aliphatic carbocycles. The van der Waals surface area contributed by atoms with E-state index < -0.39 is 0 Å². The molecule has 0 amide bonds. The predicted octanol–water partition coefficient (Wildman–Crippen LogP) is 4.69. The molecule has 2 aromatic rings. The first-order chi connectivity index (χ1) is 7.65. The van der Waals surface area contributed by atoms with Gasteiger partial charge in [0.05, 0.1) is 5.69 Å². The largest absolute Gasteiger partial charge is 0.440 e. The third-order valence-corrected chi connectivity index (χ3v) is 3.70. The predicted molar refractivity (Wildman–Crippen MR) is 70.0 cm³/mol. The van der Waals surface area contributed by atoms with Crippen LogP contribution in [0.2, 0.25) is 5.02 Å². The number of thioether (sulfide) groups is 1. The van der Waals surface area contributed by atoms with Crippen molar-refractivity contribution in [2.45, 2.75) is 17.9 Å². The van der Waals surface area contributed by atoms with E-state index in [4.69, 9.17) is 16.0 Å². The topological polar surface area (TPSA) is 26.0 Å². The minimum absolute atomic E-state index is 0.677. The Balaban J connectivity index is 2.04.